The van der Waals surface area contributed by atoms with E-state index < -0.39 is 11.5 Å². The van der Waals surface area contributed by atoms with Crippen LogP contribution in [0.5, 0.6) is 0 Å². The van der Waals surface area contributed by atoms with Gasteiger partial charge in [-0.1, -0.05) is 13.8 Å². The first kappa shape index (κ1) is 13.4. The average molecular weight is 237 g/mol. The third-order valence-corrected chi connectivity index (χ3v) is 2.95. The molecule has 0 amide bonds. The number of carboxylic acid groups (broad SMARTS) is 1. The average Bonchev–Trinajstić information content (AvgIpc) is 2.24. The first-order valence-electron chi connectivity index (χ1n) is 5.77. The fourth-order valence-corrected chi connectivity index (χ4v) is 1.78. The Balaban J connectivity index is 3.05. The minimum absolute atomic E-state index is 0.383. The molecule has 0 aliphatic heterocycles. The number of rotatable bonds is 5. The van der Waals surface area contributed by atoms with Crippen LogP contribution in [0.25, 0.3) is 0 Å². The summed E-state index contributed by atoms with van der Waals surface area (Å²) >= 11 is 0. The molecule has 1 heterocycles. The minimum Gasteiger partial charge on any atom is -0.480 e. The van der Waals surface area contributed by atoms with Crippen molar-refractivity contribution in [1.29, 1.82) is 0 Å². The molecule has 1 aromatic rings. The van der Waals surface area contributed by atoms with Crippen LogP contribution in [0.15, 0.2) is 6.07 Å². The maximum Gasteiger partial charge on any atom is 0.329 e. The quantitative estimate of drug-likeness (QED) is 0.820. The van der Waals surface area contributed by atoms with E-state index in [4.69, 9.17) is 0 Å². The Morgan fingerprint density at radius 3 is 2.12 bits per heavy atom. The molecule has 0 fully saturated rings. The third-order valence-electron chi connectivity index (χ3n) is 2.95. The SMILES string of the molecule is CCC(CC)(Nc1nc(C)cc(C)n1)C(=O)O. The maximum absolute atomic E-state index is 11.3. The Morgan fingerprint density at radius 2 is 1.76 bits per heavy atom. The van der Waals surface area contributed by atoms with Crippen LogP contribution in [0, 0.1) is 13.8 Å². The molecule has 2 N–H and O–H groups in total. The lowest BCUT2D eigenvalue weighted by atomic mass is 9.93. The van der Waals surface area contributed by atoms with Crippen LogP contribution in [0.1, 0.15) is 38.1 Å². The standard InChI is InChI=1S/C12H19N3O2/c1-5-12(6-2,10(16)17)15-11-13-8(3)7-9(4)14-11/h7H,5-6H2,1-4H3,(H,16,17)(H,13,14,15). The number of hydrogen-bond acceptors (Lipinski definition) is 4. The molecular formula is C12H19N3O2. The molecule has 0 aliphatic rings. The first-order valence-corrected chi connectivity index (χ1v) is 5.77. The Bertz CT molecular complexity index is 394. The van der Waals surface area contributed by atoms with Crippen molar-refractivity contribution in [2.75, 3.05) is 5.32 Å². The van der Waals surface area contributed by atoms with Crippen molar-refractivity contribution >= 4 is 11.9 Å². The number of nitrogens with one attached hydrogen (secondary N) is 1. The normalized spacial score (nSPS) is 11.3. The molecule has 0 saturated carbocycles. The Kier molecular flexibility index (Phi) is 4.04. The molecule has 0 aromatic carbocycles. The van der Waals surface area contributed by atoms with Crippen LogP contribution in [-0.4, -0.2) is 26.6 Å². The number of hydrogen-bond donors (Lipinski definition) is 2. The molecule has 0 spiro atoms. The van der Waals surface area contributed by atoms with Crippen molar-refractivity contribution in [2.24, 2.45) is 0 Å². The molecule has 1 rings (SSSR count). The fraction of sp³-hybridized carbons (Fsp3) is 0.583. The number of carbonyl (C=O) groups is 1. The van der Waals surface area contributed by atoms with Gasteiger partial charge in [0.25, 0.3) is 0 Å². The van der Waals surface area contributed by atoms with E-state index in [-0.39, 0.29) is 0 Å². The van der Waals surface area contributed by atoms with Crippen LogP contribution in [-0.2, 0) is 4.79 Å². The molecule has 0 aliphatic carbocycles. The highest BCUT2D eigenvalue weighted by molar-refractivity contribution is 5.81. The van der Waals surface area contributed by atoms with Gasteiger partial charge in [-0.15, -0.1) is 0 Å². The summed E-state index contributed by atoms with van der Waals surface area (Å²) in [4.78, 5) is 19.8. The summed E-state index contributed by atoms with van der Waals surface area (Å²) in [7, 11) is 0. The van der Waals surface area contributed by atoms with Gasteiger partial charge in [0.1, 0.15) is 5.54 Å². The van der Waals surface area contributed by atoms with Gasteiger partial charge in [0, 0.05) is 11.4 Å². The van der Waals surface area contributed by atoms with Crippen molar-refractivity contribution in [2.45, 2.75) is 46.1 Å². The predicted molar refractivity (Wildman–Crippen MR) is 66.1 cm³/mol. The Morgan fingerprint density at radius 1 is 1.29 bits per heavy atom. The topological polar surface area (TPSA) is 75.1 Å². The van der Waals surface area contributed by atoms with Crippen LogP contribution in [0.3, 0.4) is 0 Å². The van der Waals surface area contributed by atoms with Crippen molar-refractivity contribution in [3.8, 4) is 0 Å². The summed E-state index contributed by atoms with van der Waals surface area (Å²) in [6.45, 7) is 7.40. The lowest BCUT2D eigenvalue weighted by molar-refractivity contribution is -0.142. The number of aromatic nitrogens is 2. The second-order valence-corrected chi connectivity index (χ2v) is 4.19. The minimum atomic E-state index is -0.986. The molecule has 1 aromatic heterocycles. The second kappa shape index (κ2) is 5.12. The lowest BCUT2D eigenvalue weighted by Gasteiger charge is -2.28. The van der Waals surface area contributed by atoms with Gasteiger partial charge >= 0.3 is 5.97 Å². The molecule has 94 valence electrons. The van der Waals surface area contributed by atoms with E-state index in [2.05, 4.69) is 15.3 Å². The van der Waals surface area contributed by atoms with E-state index in [9.17, 15) is 9.90 Å². The number of carboxylic acids is 1. The van der Waals surface area contributed by atoms with E-state index in [1.165, 1.54) is 0 Å². The monoisotopic (exact) mass is 237 g/mol. The molecule has 5 heteroatoms. The van der Waals surface area contributed by atoms with Gasteiger partial charge in [0.15, 0.2) is 0 Å². The van der Waals surface area contributed by atoms with Crippen molar-refractivity contribution < 1.29 is 9.90 Å². The van der Waals surface area contributed by atoms with Crippen molar-refractivity contribution in [3.05, 3.63) is 17.5 Å². The largest absolute Gasteiger partial charge is 0.480 e. The van der Waals surface area contributed by atoms with Gasteiger partial charge in [0.2, 0.25) is 5.95 Å². The van der Waals surface area contributed by atoms with Gasteiger partial charge < -0.3 is 10.4 Å². The zero-order valence-electron chi connectivity index (χ0n) is 10.7. The molecule has 0 saturated heterocycles. The Hall–Kier alpha value is -1.65. The number of nitrogens with zero attached hydrogens (tertiary/aromatic N) is 2. The van der Waals surface area contributed by atoms with E-state index >= 15 is 0 Å². The maximum atomic E-state index is 11.3. The van der Waals surface area contributed by atoms with Crippen LogP contribution in [0.2, 0.25) is 0 Å². The smallest absolute Gasteiger partial charge is 0.329 e. The molecule has 0 atom stereocenters. The predicted octanol–water partition coefficient (Wildman–Crippen LogP) is 2.15. The summed E-state index contributed by atoms with van der Waals surface area (Å²) < 4.78 is 0. The third kappa shape index (κ3) is 2.93. The summed E-state index contributed by atoms with van der Waals surface area (Å²) in [6.07, 6.45) is 0.963. The molecule has 0 radical (unpaired) electrons. The Labute approximate surface area is 101 Å². The van der Waals surface area contributed by atoms with Gasteiger partial charge in [-0.25, -0.2) is 14.8 Å². The van der Waals surface area contributed by atoms with E-state index in [1.807, 2.05) is 33.8 Å². The van der Waals surface area contributed by atoms with E-state index in [0.717, 1.165) is 11.4 Å². The lowest BCUT2D eigenvalue weighted by Crippen LogP contribution is -2.45. The van der Waals surface area contributed by atoms with Gasteiger partial charge in [0.05, 0.1) is 0 Å². The molecular weight excluding hydrogens is 218 g/mol. The first-order chi connectivity index (χ1) is 7.93. The molecule has 5 nitrogen and oxygen atoms in total. The molecule has 0 bridgehead atoms. The highest BCUT2D eigenvalue weighted by Gasteiger charge is 2.35. The summed E-state index contributed by atoms with van der Waals surface area (Å²) in [5, 5.41) is 12.3. The summed E-state index contributed by atoms with van der Waals surface area (Å²) in [6, 6.07) is 1.85. The number of aryl methyl sites for hydroxylation is 2. The van der Waals surface area contributed by atoms with Gasteiger partial charge in [-0.2, -0.15) is 0 Å². The van der Waals surface area contributed by atoms with Crippen molar-refractivity contribution in [3.63, 3.8) is 0 Å². The van der Waals surface area contributed by atoms with E-state index in [0.29, 0.717) is 18.8 Å². The van der Waals surface area contributed by atoms with Crippen LogP contribution in [0.4, 0.5) is 5.95 Å². The molecule has 17 heavy (non-hydrogen) atoms. The zero-order valence-corrected chi connectivity index (χ0v) is 10.7. The highest BCUT2D eigenvalue weighted by atomic mass is 16.4. The fourth-order valence-electron chi connectivity index (χ4n) is 1.78. The highest BCUT2D eigenvalue weighted by Crippen LogP contribution is 2.20. The van der Waals surface area contributed by atoms with Gasteiger partial charge in [-0.3, -0.25) is 0 Å². The summed E-state index contributed by atoms with van der Waals surface area (Å²) in [5.41, 5.74) is 0.665. The zero-order chi connectivity index (χ0) is 13.1. The van der Waals surface area contributed by atoms with Crippen molar-refractivity contribution in [1.82, 2.24) is 9.97 Å². The van der Waals surface area contributed by atoms with Gasteiger partial charge in [-0.05, 0) is 32.8 Å². The molecule has 0 unspecified atom stereocenters. The summed E-state index contributed by atoms with van der Waals surface area (Å²) in [5.74, 6) is -0.487. The van der Waals surface area contributed by atoms with Crippen LogP contribution < -0.4 is 5.32 Å². The number of anilines is 1. The van der Waals surface area contributed by atoms with E-state index in [1.54, 1.807) is 0 Å². The number of aliphatic carboxylic acids is 1. The second-order valence-electron chi connectivity index (χ2n) is 4.19. The van der Waals surface area contributed by atoms with Crippen LogP contribution >= 0.6 is 0 Å².